The molecule has 0 amide bonds. The molecular weight excluding hydrogens is 204 g/mol. The molecule has 0 aliphatic carbocycles. The normalized spacial score (nSPS) is 12.2. The van der Waals surface area contributed by atoms with Gasteiger partial charge >= 0.3 is 5.97 Å². The van der Waals surface area contributed by atoms with Gasteiger partial charge in [0.2, 0.25) is 0 Å². The van der Waals surface area contributed by atoms with Crippen molar-refractivity contribution in [1.82, 2.24) is 5.32 Å². The number of benzene rings is 1. The Morgan fingerprint density at radius 2 is 1.88 bits per heavy atom. The molecule has 1 aromatic rings. The Labute approximate surface area is 95.7 Å². The van der Waals surface area contributed by atoms with Crippen molar-refractivity contribution in [2.75, 3.05) is 18.9 Å². The second-order valence-corrected chi connectivity index (χ2v) is 3.94. The summed E-state index contributed by atoms with van der Waals surface area (Å²) in [5, 5.41) is 14.7. The number of nitrogens with one attached hydrogen (secondary N) is 2. The number of hydrogen-bond donors (Lipinski definition) is 3. The fourth-order valence-electron chi connectivity index (χ4n) is 1.61. The summed E-state index contributed by atoms with van der Waals surface area (Å²) >= 11 is 0. The smallest absolute Gasteiger partial charge is 0.322 e. The Morgan fingerprint density at radius 3 is 2.31 bits per heavy atom. The largest absolute Gasteiger partial charge is 0.480 e. The van der Waals surface area contributed by atoms with Crippen LogP contribution in [0.1, 0.15) is 11.1 Å². The molecular formula is C12H18N2O2. The topological polar surface area (TPSA) is 61.4 Å². The van der Waals surface area contributed by atoms with Gasteiger partial charge in [0.25, 0.3) is 0 Å². The number of carboxylic acids is 1. The van der Waals surface area contributed by atoms with Crippen LogP contribution in [-0.2, 0) is 4.79 Å². The second-order valence-electron chi connectivity index (χ2n) is 3.94. The van der Waals surface area contributed by atoms with Crippen molar-refractivity contribution in [3.8, 4) is 0 Å². The first-order valence-electron chi connectivity index (χ1n) is 5.25. The number of hydrogen-bond acceptors (Lipinski definition) is 3. The maximum atomic E-state index is 10.8. The lowest BCUT2D eigenvalue weighted by atomic mass is 10.1. The Morgan fingerprint density at radius 1 is 1.31 bits per heavy atom. The lowest BCUT2D eigenvalue weighted by Crippen LogP contribution is -2.39. The summed E-state index contributed by atoms with van der Waals surface area (Å²) in [5.74, 6) is -0.848. The number of carbonyl (C=O) groups is 1. The van der Waals surface area contributed by atoms with Crippen LogP contribution in [0.15, 0.2) is 18.2 Å². The highest BCUT2D eigenvalue weighted by Gasteiger charge is 2.13. The lowest BCUT2D eigenvalue weighted by Gasteiger charge is -2.14. The van der Waals surface area contributed by atoms with E-state index < -0.39 is 12.0 Å². The standard InChI is InChI=1S/C12H18N2O2/c1-8-4-9(2)6-10(5-8)14-7-11(13-3)12(15)16/h4-6,11,13-14H,7H2,1-3H3,(H,15,16). The van der Waals surface area contributed by atoms with Crippen molar-refractivity contribution in [2.24, 2.45) is 0 Å². The summed E-state index contributed by atoms with van der Waals surface area (Å²) < 4.78 is 0. The number of carboxylic acid groups (broad SMARTS) is 1. The van der Waals surface area contributed by atoms with Crippen molar-refractivity contribution in [1.29, 1.82) is 0 Å². The first kappa shape index (κ1) is 12.5. The van der Waals surface area contributed by atoms with E-state index in [-0.39, 0.29) is 0 Å². The average Bonchev–Trinajstić information content (AvgIpc) is 2.16. The number of rotatable bonds is 5. The van der Waals surface area contributed by atoms with Gasteiger partial charge in [-0.3, -0.25) is 4.79 Å². The molecule has 0 aliphatic heterocycles. The molecule has 0 bridgehead atoms. The minimum atomic E-state index is -0.848. The molecule has 1 rings (SSSR count). The van der Waals surface area contributed by atoms with Crippen LogP contribution in [0.25, 0.3) is 0 Å². The second kappa shape index (κ2) is 5.51. The molecule has 0 heterocycles. The maximum absolute atomic E-state index is 10.8. The molecule has 0 saturated heterocycles. The summed E-state index contributed by atoms with van der Waals surface area (Å²) in [6.07, 6.45) is 0. The summed E-state index contributed by atoms with van der Waals surface area (Å²) in [7, 11) is 1.64. The molecule has 88 valence electrons. The van der Waals surface area contributed by atoms with Crippen molar-refractivity contribution >= 4 is 11.7 Å². The van der Waals surface area contributed by atoms with Gasteiger partial charge in [0.15, 0.2) is 0 Å². The van der Waals surface area contributed by atoms with E-state index in [4.69, 9.17) is 5.11 Å². The molecule has 1 aromatic carbocycles. The van der Waals surface area contributed by atoms with Gasteiger partial charge < -0.3 is 15.7 Å². The molecule has 4 heteroatoms. The number of anilines is 1. The van der Waals surface area contributed by atoms with E-state index in [9.17, 15) is 4.79 Å². The van der Waals surface area contributed by atoms with Crippen LogP contribution < -0.4 is 10.6 Å². The summed E-state index contributed by atoms with van der Waals surface area (Å²) in [6.45, 7) is 4.41. The quantitative estimate of drug-likeness (QED) is 0.704. The van der Waals surface area contributed by atoms with Gasteiger partial charge in [0, 0.05) is 12.2 Å². The Bertz CT molecular complexity index is 357. The first-order chi connectivity index (χ1) is 7.52. The zero-order valence-electron chi connectivity index (χ0n) is 9.87. The molecule has 3 N–H and O–H groups in total. The van der Waals surface area contributed by atoms with E-state index in [0.717, 1.165) is 5.69 Å². The number of aliphatic carboxylic acids is 1. The molecule has 0 radical (unpaired) electrons. The molecule has 1 atom stereocenters. The van der Waals surface area contributed by atoms with Crippen LogP contribution in [0, 0.1) is 13.8 Å². The van der Waals surface area contributed by atoms with E-state index in [0.29, 0.717) is 6.54 Å². The minimum Gasteiger partial charge on any atom is -0.480 e. The van der Waals surface area contributed by atoms with Gasteiger partial charge in [-0.25, -0.2) is 0 Å². The van der Waals surface area contributed by atoms with Crippen molar-refractivity contribution < 1.29 is 9.90 Å². The number of aryl methyl sites for hydroxylation is 2. The molecule has 0 aliphatic rings. The molecule has 0 fully saturated rings. The van der Waals surface area contributed by atoms with Gasteiger partial charge in [-0.2, -0.15) is 0 Å². The molecule has 4 nitrogen and oxygen atoms in total. The third kappa shape index (κ3) is 3.55. The molecule has 16 heavy (non-hydrogen) atoms. The van der Waals surface area contributed by atoms with E-state index in [2.05, 4.69) is 16.7 Å². The Kier molecular flexibility index (Phi) is 4.31. The van der Waals surface area contributed by atoms with Crippen LogP contribution in [0.4, 0.5) is 5.69 Å². The fraction of sp³-hybridized carbons (Fsp3) is 0.417. The third-order valence-corrected chi connectivity index (χ3v) is 2.38. The molecule has 0 saturated carbocycles. The van der Waals surface area contributed by atoms with Gasteiger partial charge in [0.1, 0.15) is 6.04 Å². The van der Waals surface area contributed by atoms with Crippen LogP contribution in [0.5, 0.6) is 0 Å². The Hall–Kier alpha value is -1.55. The van der Waals surface area contributed by atoms with Crippen molar-refractivity contribution in [3.63, 3.8) is 0 Å². The third-order valence-electron chi connectivity index (χ3n) is 2.38. The highest BCUT2D eigenvalue weighted by molar-refractivity contribution is 5.74. The zero-order valence-corrected chi connectivity index (χ0v) is 9.87. The highest BCUT2D eigenvalue weighted by atomic mass is 16.4. The molecule has 0 spiro atoms. The summed E-state index contributed by atoms with van der Waals surface area (Å²) in [5.41, 5.74) is 3.29. The van der Waals surface area contributed by atoms with E-state index in [1.54, 1.807) is 7.05 Å². The van der Waals surface area contributed by atoms with Gasteiger partial charge in [-0.1, -0.05) is 6.07 Å². The fourth-order valence-corrected chi connectivity index (χ4v) is 1.61. The average molecular weight is 222 g/mol. The van der Waals surface area contributed by atoms with Gasteiger partial charge in [-0.05, 0) is 44.2 Å². The minimum absolute atomic E-state index is 0.370. The van der Waals surface area contributed by atoms with Crippen LogP contribution >= 0.6 is 0 Å². The van der Waals surface area contributed by atoms with Crippen LogP contribution in [0.2, 0.25) is 0 Å². The summed E-state index contributed by atoms with van der Waals surface area (Å²) in [6, 6.07) is 5.52. The van der Waals surface area contributed by atoms with Crippen LogP contribution in [-0.4, -0.2) is 30.7 Å². The van der Waals surface area contributed by atoms with Gasteiger partial charge in [-0.15, -0.1) is 0 Å². The Balaban J connectivity index is 2.63. The number of likely N-dealkylation sites (N-methyl/N-ethyl adjacent to an activating group) is 1. The summed E-state index contributed by atoms with van der Waals surface area (Å²) in [4.78, 5) is 10.8. The lowest BCUT2D eigenvalue weighted by molar-refractivity contribution is -0.138. The van der Waals surface area contributed by atoms with Crippen molar-refractivity contribution in [2.45, 2.75) is 19.9 Å². The maximum Gasteiger partial charge on any atom is 0.322 e. The molecule has 0 aromatic heterocycles. The van der Waals surface area contributed by atoms with E-state index >= 15 is 0 Å². The predicted molar refractivity (Wildman–Crippen MR) is 64.9 cm³/mol. The molecule has 1 unspecified atom stereocenters. The van der Waals surface area contributed by atoms with E-state index in [1.807, 2.05) is 26.0 Å². The zero-order chi connectivity index (χ0) is 12.1. The van der Waals surface area contributed by atoms with Crippen molar-refractivity contribution in [3.05, 3.63) is 29.3 Å². The SMILES string of the molecule is CNC(CNc1cc(C)cc(C)c1)C(=O)O. The monoisotopic (exact) mass is 222 g/mol. The predicted octanol–water partition coefficient (Wildman–Crippen LogP) is 1.39. The van der Waals surface area contributed by atoms with Crippen LogP contribution in [0.3, 0.4) is 0 Å². The van der Waals surface area contributed by atoms with Gasteiger partial charge in [0.05, 0.1) is 0 Å². The van der Waals surface area contributed by atoms with E-state index in [1.165, 1.54) is 11.1 Å². The highest BCUT2D eigenvalue weighted by Crippen LogP contribution is 2.13. The first-order valence-corrected chi connectivity index (χ1v) is 5.25.